The molecule has 2 aromatic rings. The van der Waals surface area contributed by atoms with E-state index in [1.54, 1.807) is 0 Å². The Hall–Kier alpha value is -2.61. The van der Waals surface area contributed by atoms with Crippen LogP contribution in [-0.2, 0) is 10.0 Å². The summed E-state index contributed by atoms with van der Waals surface area (Å²) in [4.78, 5) is 1.79. The number of ether oxygens (including phenoxy) is 1. The van der Waals surface area contributed by atoms with Crippen LogP contribution in [0.4, 0.5) is 13.2 Å². The summed E-state index contributed by atoms with van der Waals surface area (Å²) in [6.45, 7) is 1.07. The van der Waals surface area contributed by atoms with Gasteiger partial charge in [-0.25, -0.2) is 8.42 Å². The van der Waals surface area contributed by atoms with Gasteiger partial charge in [0.1, 0.15) is 11.8 Å². The lowest BCUT2D eigenvalue weighted by atomic mass is 10.1. The van der Waals surface area contributed by atoms with Crippen LogP contribution >= 0.6 is 0 Å². The number of hydrogen-bond donors (Lipinski definition) is 0. The summed E-state index contributed by atoms with van der Waals surface area (Å²) in [5.41, 5.74) is 0.839. The number of rotatable bonds is 5. The lowest BCUT2D eigenvalue weighted by Crippen LogP contribution is -2.49. The number of piperazine rings is 1. The fourth-order valence-electron chi connectivity index (χ4n) is 3.17. The largest absolute Gasteiger partial charge is 0.573 e. The van der Waals surface area contributed by atoms with Gasteiger partial charge < -0.3 is 4.74 Å². The Morgan fingerprint density at radius 3 is 2.07 bits per heavy atom. The predicted octanol–water partition coefficient (Wildman–Crippen LogP) is 3.16. The number of hydrogen-bond acceptors (Lipinski definition) is 5. The third-order valence-corrected chi connectivity index (χ3v) is 6.48. The van der Waals surface area contributed by atoms with Gasteiger partial charge in [-0.3, -0.25) is 4.90 Å². The van der Waals surface area contributed by atoms with Crippen LogP contribution in [0.3, 0.4) is 0 Å². The molecular formula is C19H18F3N3O3S. The highest BCUT2D eigenvalue weighted by Crippen LogP contribution is 2.27. The van der Waals surface area contributed by atoms with Gasteiger partial charge in [0, 0.05) is 26.2 Å². The Bertz CT molecular complexity index is 966. The highest BCUT2D eigenvalue weighted by Gasteiger charge is 2.33. The Kier molecular flexibility index (Phi) is 6.12. The number of alkyl halides is 3. The molecule has 0 bridgehead atoms. The molecule has 1 heterocycles. The molecule has 0 saturated carbocycles. The molecule has 154 valence electrons. The second-order valence-corrected chi connectivity index (χ2v) is 8.34. The molecule has 3 rings (SSSR count). The zero-order valence-corrected chi connectivity index (χ0v) is 16.0. The average Bonchev–Trinajstić information content (AvgIpc) is 2.69. The van der Waals surface area contributed by atoms with E-state index in [9.17, 15) is 26.9 Å². The van der Waals surface area contributed by atoms with Gasteiger partial charge in [-0.15, -0.1) is 13.2 Å². The summed E-state index contributed by atoms with van der Waals surface area (Å²) in [5.74, 6) is -0.485. The molecule has 0 aliphatic carbocycles. The summed E-state index contributed by atoms with van der Waals surface area (Å²) in [5, 5.41) is 9.53. The molecule has 29 heavy (non-hydrogen) atoms. The van der Waals surface area contributed by atoms with Gasteiger partial charge in [-0.1, -0.05) is 30.3 Å². The van der Waals surface area contributed by atoms with Gasteiger partial charge in [-0.2, -0.15) is 9.57 Å². The summed E-state index contributed by atoms with van der Waals surface area (Å²) in [7, 11) is -3.86. The van der Waals surface area contributed by atoms with Crippen LogP contribution < -0.4 is 4.74 Å². The molecular weight excluding hydrogens is 407 g/mol. The fourth-order valence-corrected chi connectivity index (χ4v) is 4.59. The maximum atomic E-state index is 12.8. The smallest absolute Gasteiger partial charge is 0.406 e. The van der Waals surface area contributed by atoms with E-state index in [1.807, 2.05) is 35.2 Å². The van der Waals surface area contributed by atoms with Crippen LogP contribution in [0, 0.1) is 11.3 Å². The minimum Gasteiger partial charge on any atom is -0.406 e. The fraction of sp³-hybridized carbons (Fsp3) is 0.316. The monoisotopic (exact) mass is 425 g/mol. The molecule has 10 heteroatoms. The third-order valence-electron chi connectivity index (χ3n) is 4.57. The molecule has 1 fully saturated rings. The lowest BCUT2D eigenvalue weighted by molar-refractivity contribution is -0.274. The molecule has 0 spiro atoms. The molecule has 1 aliphatic rings. The van der Waals surface area contributed by atoms with Crippen molar-refractivity contribution in [2.24, 2.45) is 0 Å². The molecule has 0 aromatic heterocycles. The van der Waals surface area contributed by atoms with Crippen molar-refractivity contribution in [3.8, 4) is 11.8 Å². The van der Waals surface area contributed by atoms with Gasteiger partial charge in [0.25, 0.3) is 0 Å². The number of sulfonamides is 1. The molecule has 0 radical (unpaired) electrons. The van der Waals surface area contributed by atoms with Crippen molar-refractivity contribution in [3.05, 3.63) is 60.2 Å². The summed E-state index contributed by atoms with van der Waals surface area (Å²) in [6, 6.07) is 15.1. The number of nitriles is 1. The lowest BCUT2D eigenvalue weighted by Gasteiger charge is -2.36. The minimum atomic E-state index is -4.84. The minimum absolute atomic E-state index is 0.111. The third kappa shape index (κ3) is 5.06. The van der Waals surface area contributed by atoms with Gasteiger partial charge in [-0.05, 0) is 29.8 Å². The maximum absolute atomic E-state index is 12.8. The van der Waals surface area contributed by atoms with Crippen molar-refractivity contribution in [1.29, 1.82) is 5.26 Å². The molecule has 0 amide bonds. The average molecular weight is 425 g/mol. The van der Waals surface area contributed by atoms with E-state index in [-0.39, 0.29) is 18.0 Å². The van der Waals surface area contributed by atoms with E-state index in [2.05, 4.69) is 10.8 Å². The number of halogens is 3. The molecule has 1 unspecified atom stereocenters. The van der Waals surface area contributed by atoms with E-state index in [1.165, 1.54) is 4.31 Å². The quantitative estimate of drug-likeness (QED) is 0.736. The SMILES string of the molecule is N#CC(c1ccccc1)N1CCN(S(=O)(=O)c2ccc(OC(F)(F)F)cc2)CC1. The van der Waals surface area contributed by atoms with Crippen molar-refractivity contribution < 1.29 is 26.3 Å². The van der Waals surface area contributed by atoms with Gasteiger partial charge in [0.15, 0.2) is 0 Å². The molecule has 1 atom stereocenters. The molecule has 6 nitrogen and oxygen atoms in total. The van der Waals surface area contributed by atoms with E-state index in [4.69, 9.17) is 0 Å². The first kappa shape index (κ1) is 21.1. The van der Waals surface area contributed by atoms with Crippen LogP contribution in [0.5, 0.6) is 5.75 Å². The van der Waals surface area contributed by atoms with Gasteiger partial charge in [0.05, 0.1) is 11.0 Å². The maximum Gasteiger partial charge on any atom is 0.573 e. The van der Waals surface area contributed by atoms with E-state index in [0.29, 0.717) is 13.1 Å². The van der Waals surface area contributed by atoms with Crippen molar-refractivity contribution in [2.75, 3.05) is 26.2 Å². The highest BCUT2D eigenvalue weighted by atomic mass is 32.2. The first-order chi connectivity index (χ1) is 13.7. The van der Waals surface area contributed by atoms with E-state index >= 15 is 0 Å². The topological polar surface area (TPSA) is 73.6 Å². The van der Waals surface area contributed by atoms with Crippen molar-refractivity contribution in [1.82, 2.24) is 9.21 Å². The molecule has 0 N–H and O–H groups in total. The van der Waals surface area contributed by atoms with Crippen LogP contribution in [0.2, 0.25) is 0 Å². The standard InChI is InChI=1S/C19H18F3N3O3S/c20-19(21,22)28-16-6-8-17(9-7-16)29(26,27)25-12-10-24(11-13-25)18(14-23)15-4-2-1-3-5-15/h1-9,18H,10-13H2. The molecule has 1 saturated heterocycles. The second-order valence-electron chi connectivity index (χ2n) is 6.40. The number of nitrogens with zero attached hydrogens (tertiary/aromatic N) is 3. The van der Waals surface area contributed by atoms with Gasteiger partial charge in [0.2, 0.25) is 10.0 Å². The van der Waals surface area contributed by atoms with Crippen molar-refractivity contribution >= 4 is 10.0 Å². The summed E-state index contributed by atoms with van der Waals surface area (Å²) >= 11 is 0. The molecule has 1 aliphatic heterocycles. The Morgan fingerprint density at radius 1 is 0.966 bits per heavy atom. The van der Waals surface area contributed by atoms with Crippen molar-refractivity contribution in [3.63, 3.8) is 0 Å². The van der Waals surface area contributed by atoms with Crippen LogP contribution in [0.25, 0.3) is 0 Å². The van der Waals surface area contributed by atoms with Crippen LogP contribution in [-0.4, -0.2) is 50.2 Å². The Labute approximate surface area is 166 Å². The number of benzene rings is 2. The first-order valence-corrected chi connectivity index (χ1v) is 10.2. The summed E-state index contributed by atoms with van der Waals surface area (Å²) in [6.07, 6.45) is -4.84. The predicted molar refractivity (Wildman–Crippen MR) is 98.3 cm³/mol. The van der Waals surface area contributed by atoms with Gasteiger partial charge >= 0.3 is 6.36 Å². The van der Waals surface area contributed by atoms with Crippen LogP contribution in [0.15, 0.2) is 59.5 Å². The van der Waals surface area contributed by atoms with E-state index < -0.39 is 28.2 Å². The zero-order chi connectivity index (χ0) is 21.1. The zero-order valence-electron chi connectivity index (χ0n) is 15.2. The second kappa shape index (κ2) is 8.41. The summed E-state index contributed by atoms with van der Waals surface area (Å²) < 4.78 is 67.3. The van der Waals surface area contributed by atoms with Crippen LogP contribution in [0.1, 0.15) is 11.6 Å². The Morgan fingerprint density at radius 2 is 1.55 bits per heavy atom. The highest BCUT2D eigenvalue weighted by molar-refractivity contribution is 7.89. The normalized spacial score (nSPS) is 17.4. The van der Waals surface area contributed by atoms with E-state index in [0.717, 1.165) is 29.8 Å². The van der Waals surface area contributed by atoms with Crippen molar-refractivity contribution in [2.45, 2.75) is 17.3 Å². The first-order valence-electron chi connectivity index (χ1n) is 8.75. The Balaban J connectivity index is 1.67. The molecule has 2 aromatic carbocycles.